The SMILES string of the molecule is C[CH]C1=CS(=O)(=O)Nc2ccccc21. The maximum absolute atomic E-state index is 11.4. The Morgan fingerprint density at radius 2 is 2.00 bits per heavy atom. The maximum atomic E-state index is 11.4. The van der Waals surface area contributed by atoms with Gasteiger partial charge in [0.15, 0.2) is 0 Å². The Kier molecular flexibility index (Phi) is 2.07. The van der Waals surface area contributed by atoms with Crippen LogP contribution in [0.5, 0.6) is 0 Å². The van der Waals surface area contributed by atoms with E-state index in [1.54, 1.807) is 18.6 Å². The standard InChI is InChI=1S/C10H10NO2S/c1-2-8-7-14(12,13)11-10-6-4-3-5-9(8)10/h2-7,11H,1H3. The lowest BCUT2D eigenvalue weighted by Crippen LogP contribution is -2.15. The van der Waals surface area contributed by atoms with Crippen molar-refractivity contribution in [1.29, 1.82) is 0 Å². The number of allylic oxidation sites excluding steroid dienone is 1. The van der Waals surface area contributed by atoms with Crippen molar-refractivity contribution in [2.24, 2.45) is 0 Å². The average molecular weight is 208 g/mol. The fourth-order valence-corrected chi connectivity index (χ4v) is 2.60. The van der Waals surface area contributed by atoms with Gasteiger partial charge in [-0.2, -0.15) is 0 Å². The third kappa shape index (κ3) is 1.53. The van der Waals surface area contributed by atoms with Crippen LogP contribution in [0.25, 0.3) is 5.57 Å². The van der Waals surface area contributed by atoms with E-state index in [-0.39, 0.29) is 0 Å². The summed E-state index contributed by atoms with van der Waals surface area (Å²) in [7, 11) is -3.30. The average Bonchev–Trinajstić information content (AvgIpc) is 2.15. The van der Waals surface area contributed by atoms with Crippen LogP contribution < -0.4 is 4.72 Å². The van der Waals surface area contributed by atoms with Gasteiger partial charge in [-0.3, -0.25) is 4.72 Å². The first kappa shape index (κ1) is 9.27. The van der Waals surface area contributed by atoms with Crippen LogP contribution in [0.3, 0.4) is 0 Å². The van der Waals surface area contributed by atoms with Gasteiger partial charge >= 0.3 is 0 Å². The van der Waals surface area contributed by atoms with Gasteiger partial charge in [0.25, 0.3) is 10.0 Å². The van der Waals surface area contributed by atoms with Gasteiger partial charge in [0.1, 0.15) is 0 Å². The van der Waals surface area contributed by atoms with Crippen LogP contribution in [0.2, 0.25) is 0 Å². The second kappa shape index (κ2) is 3.13. The van der Waals surface area contributed by atoms with E-state index in [0.29, 0.717) is 5.69 Å². The van der Waals surface area contributed by atoms with Gasteiger partial charge in [-0.05, 0) is 18.1 Å². The lowest BCUT2D eigenvalue weighted by Gasteiger charge is -2.17. The third-order valence-electron chi connectivity index (χ3n) is 2.08. The predicted molar refractivity (Wildman–Crippen MR) is 56.9 cm³/mol. The Morgan fingerprint density at radius 3 is 2.71 bits per heavy atom. The van der Waals surface area contributed by atoms with Gasteiger partial charge in [-0.1, -0.05) is 25.1 Å². The Hall–Kier alpha value is -1.29. The van der Waals surface area contributed by atoms with Gasteiger partial charge < -0.3 is 0 Å². The lowest BCUT2D eigenvalue weighted by atomic mass is 10.0. The molecule has 14 heavy (non-hydrogen) atoms. The van der Waals surface area contributed by atoms with Crippen LogP contribution in [0.4, 0.5) is 5.69 Å². The van der Waals surface area contributed by atoms with Crippen LogP contribution in [0.15, 0.2) is 29.7 Å². The predicted octanol–water partition coefficient (Wildman–Crippen LogP) is 2.01. The van der Waals surface area contributed by atoms with Crippen molar-refractivity contribution in [3.8, 4) is 0 Å². The van der Waals surface area contributed by atoms with Crippen LogP contribution in [-0.2, 0) is 10.0 Å². The summed E-state index contributed by atoms with van der Waals surface area (Å²) in [6.07, 6.45) is 1.79. The second-order valence-corrected chi connectivity index (χ2v) is 4.58. The van der Waals surface area contributed by atoms with Crippen LogP contribution in [-0.4, -0.2) is 8.42 Å². The van der Waals surface area contributed by atoms with Crippen molar-refractivity contribution < 1.29 is 8.42 Å². The molecule has 0 amide bonds. The summed E-state index contributed by atoms with van der Waals surface area (Å²) in [5.41, 5.74) is 2.30. The largest absolute Gasteiger partial charge is 0.279 e. The molecule has 4 heteroatoms. The van der Waals surface area contributed by atoms with E-state index in [0.717, 1.165) is 11.1 Å². The first-order valence-electron chi connectivity index (χ1n) is 4.26. The molecule has 3 nitrogen and oxygen atoms in total. The third-order valence-corrected chi connectivity index (χ3v) is 3.15. The number of para-hydroxylation sites is 1. The number of benzene rings is 1. The monoisotopic (exact) mass is 208 g/mol. The van der Waals surface area contributed by atoms with Crippen molar-refractivity contribution in [3.63, 3.8) is 0 Å². The topological polar surface area (TPSA) is 46.2 Å². The van der Waals surface area contributed by atoms with Crippen LogP contribution in [0.1, 0.15) is 12.5 Å². The van der Waals surface area contributed by atoms with E-state index in [2.05, 4.69) is 4.72 Å². The van der Waals surface area contributed by atoms with Crippen molar-refractivity contribution >= 4 is 21.3 Å². The Bertz CT molecular complexity index is 489. The fourth-order valence-electron chi connectivity index (χ4n) is 1.46. The molecule has 0 unspecified atom stereocenters. The minimum absolute atomic E-state index is 0.642. The van der Waals surface area contributed by atoms with Gasteiger partial charge in [0.05, 0.1) is 11.1 Å². The molecule has 1 aliphatic rings. The summed E-state index contributed by atoms with van der Waals surface area (Å²) in [6, 6.07) is 7.34. The van der Waals surface area contributed by atoms with Gasteiger partial charge in [0.2, 0.25) is 0 Å². The number of anilines is 1. The molecule has 0 saturated carbocycles. The molecule has 1 N–H and O–H groups in total. The molecule has 73 valence electrons. The van der Waals surface area contributed by atoms with Crippen molar-refractivity contribution in [2.75, 3.05) is 4.72 Å². The smallest absolute Gasteiger partial charge is 0.255 e. The summed E-state index contributed by atoms with van der Waals surface area (Å²) in [5, 5.41) is 1.25. The molecule has 0 bridgehead atoms. The molecular formula is C10H10NO2S. The lowest BCUT2D eigenvalue weighted by molar-refractivity contribution is 0.609. The highest BCUT2D eigenvalue weighted by Gasteiger charge is 2.18. The molecule has 0 fully saturated rings. The molecule has 0 aliphatic carbocycles. The van der Waals surface area contributed by atoms with Gasteiger partial charge in [-0.15, -0.1) is 0 Å². The van der Waals surface area contributed by atoms with Crippen LogP contribution >= 0.6 is 0 Å². The molecule has 0 aromatic heterocycles. The molecule has 0 saturated heterocycles. The molecule has 1 aromatic carbocycles. The zero-order valence-electron chi connectivity index (χ0n) is 7.69. The van der Waals surface area contributed by atoms with Crippen LogP contribution in [0, 0.1) is 6.42 Å². The Morgan fingerprint density at radius 1 is 1.29 bits per heavy atom. The molecular weight excluding hydrogens is 198 g/mol. The van der Waals surface area contributed by atoms with Crippen molar-refractivity contribution in [1.82, 2.24) is 0 Å². The van der Waals surface area contributed by atoms with E-state index in [1.807, 2.05) is 19.1 Å². The Balaban J connectivity index is 2.65. The molecule has 1 aromatic rings. The van der Waals surface area contributed by atoms with E-state index < -0.39 is 10.0 Å². The number of hydrogen-bond donors (Lipinski definition) is 1. The number of nitrogens with one attached hydrogen (secondary N) is 1. The van der Waals surface area contributed by atoms with Gasteiger partial charge in [0, 0.05) is 5.56 Å². The molecule has 1 radical (unpaired) electrons. The highest BCUT2D eigenvalue weighted by molar-refractivity contribution is 7.95. The zero-order valence-corrected chi connectivity index (χ0v) is 8.51. The second-order valence-electron chi connectivity index (χ2n) is 3.05. The first-order valence-corrected chi connectivity index (χ1v) is 5.80. The number of hydrogen-bond acceptors (Lipinski definition) is 2. The zero-order chi connectivity index (χ0) is 10.2. The van der Waals surface area contributed by atoms with E-state index in [9.17, 15) is 8.42 Å². The summed E-state index contributed by atoms with van der Waals surface area (Å²) < 4.78 is 25.2. The van der Waals surface area contributed by atoms with E-state index in [1.165, 1.54) is 5.41 Å². The van der Waals surface area contributed by atoms with Crippen molar-refractivity contribution in [2.45, 2.75) is 6.92 Å². The summed E-state index contributed by atoms with van der Waals surface area (Å²) in [6.45, 7) is 1.82. The summed E-state index contributed by atoms with van der Waals surface area (Å²) in [5.74, 6) is 0. The number of sulfonamides is 1. The molecule has 0 spiro atoms. The minimum atomic E-state index is -3.30. The van der Waals surface area contributed by atoms with Crippen molar-refractivity contribution in [3.05, 3.63) is 41.7 Å². The molecule has 2 rings (SSSR count). The summed E-state index contributed by atoms with van der Waals surface area (Å²) in [4.78, 5) is 0. The van der Waals surface area contributed by atoms with Gasteiger partial charge in [-0.25, -0.2) is 8.42 Å². The quantitative estimate of drug-likeness (QED) is 0.767. The minimum Gasteiger partial charge on any atom is -0.279 e. The van der Waals surface area contributed by atoms with E-state index in [4.69, 9.17) is 0 Å². The normalized spacial score (nSPS) is 17.9. The number of fused-ring (bicyclic) bond motifs is 1. The van der Waals surface area contributed by atoms with E-state index >= 15 is 0 Å². The fraction of sp³-hybridized carbons (Fsp3) is 0.100. The highest BCUT2D eigenvalue weighted by Crippen LogP contribution is 2.31. The Labute approximate surface area is 83.5 Å². The molecule has 0 atom stereocenters. The maximum Gasteiger partial charge on any atom is 0.255 e. The summed E-state index contributed by atoms with van der Waals surface area (Å²) >= 11 is 0. The highest BCUT2D eigenvalue weighted by atomic mass is 32.2. The molecule has 1 heterocycles. The first-order chi connectivity index (χ1) is 6.62. The molecule has 1 aliphatic heterocycles. The number of rotatable bonds is 1.